The van der Waals surface area contributed by atoms with Crippen molar-refractivity contribution < 1.29 is 29.3 Å². The highest BCUT2D eigenvalue weighted by molar-refractivity contribution is 5.83. The van der Waals surface area contributed by atoms with E-state index in [0.29, 0.717) is 6.42 Å². The largest absolute Gasteiger partial charge is 0.469 e. The smallest absolute Gasteiger partial charge is 0.309 e. The summed E-state index contributed by atoms with van der Waals surface area (Å²) >= 11 is 0. The molecule has 112 valence electrons. The number of esters is 2. The highest BCUT2D eigenvalue weighted by atomic mass is 16.5. The SMILES string of the molecule is COC(=O)C1C2CC(C1C(=O)OC)C1C(O)C(O)CC21. The van der Waals surface area contributed by atoms with E-state index < -0.39 is 30.0 Å². The van der Waals surface area contributed by atoms with Crippen molar-refractivity contribution >= 4 is 11.9 Å². The lowest BCUT2D eigenvalue weighted by atomic mass is 9.69. The normalized spacial score (nSPS) is 49.0. The lowest BCUT2D eigenvalue weighted by molar-refractivity contribution is -0.163. The number of carbonyl (C=O) groups excluding carboxylic acids is 2. The lowest BCUT2D eigenvalue weighted by Crippen LogP contribution is -2.44. The molecule has 3 aliphatic carbocycles. The topological polar surface area (TPSA) is 93.1 Å². The minimum absolute atomic E-state index is 0.00616. The van der Waals surface area contributed by atoms with E-state index >= 15 is 0 Å². The predicted molar refractivity (Wildman–Crippen MR) is 66.2 cm³/mol. The lowest BCUT2D eigenvalue weighted by Gasteiger charge is -2.35. The molecule has 3 saturated carbocycles. The molecule has 0 amide bonds. The van der Waals surface area contributed by atoms with Crippen LogP contribution in [0.1, 0.15) is 12.8 Å². The molecule has 6 heteroatoms. The Morgan fingerprint density at radius 1 is 0.900 bits per heavy atom. The number of methoxy groups -OCH3 is 2. The van der Waals surface area contributed by atoms with E-state index in [1.54, 1.807) is 0 Å². The average molecular weight is 284 g/mol. The first-order valence-electron chi connectivity index (χ1n) is 7.03. The van der Waals surface area contributed by atoms with E-state index in [1.165, 1.54) is 14.2 Å². The molecule has 0 saturated heterocycles. The zero-order valence-corrected chi connectivity index (χ0v) is 11.6. The quantitative estimate of drug-likeness (QED) is 0.669. The van der Waals surface area contributed by atoms with Crippen LogP contribution in [-0.4, -0.2) is 48.6 Å². The van der Waals surface area contributed by atoms with Crippen LogP contribution in [0.2, 0.25) is 0 Å². The van der Waals surface area contributed by atoms with Gasteiger partial charge < -0.3 is 19.7 Å². The van der Waals surface area contributed by atoms with Crippen molar-refractivity contribution in [3.63, 3.8) is 0 Å². The molecule has 3 fully saturated rings. The summed E-state index contributed by atoms with van der Waals surface area (Å²) in [6, 6.07) is 0. The second-order valence-electron chi connectivity index (χ2n) is 6.20. The molecule has 3 aliphatic rings. The van der Waals surface area contributed by atoms with Crippen molar-refractivity contribution in [3.05, 3.63) is 0 Å². The Kier molecular flexibility index (Phi) is 3.25. The maximum Gasteiger partial charge on any atom is 0.309 e. The van der Waals surface area contributed by atoms with Crippen LogP contribution >= 0.6 is 0 Å². The van der Waals surface area contributed by atoms with E-state index in [4.69, 9.17) is 9.47 Å². The van der Waals surface area contributed by atoms with Crippen LogP contribution in [0.15, 0.2) is 0 Å². The third-order valence-corrected chi connectivity index (χ3v) is 5.64. The molecule has 0 aromatic rings. The Labute approximate surface area is 117 Å². The van der Waals surface area contributed by atoms with Crippen molar-refractivity contribution in [2.45, 2.75) is 25.0 Å². The molecule has 8 unspecified atom stereocenters. The molecule has 0 aromatic carbocycles. The summed E-state index contributed by atoms with van der Waals surface area (Å²) in [5.74, 6) is -1.99. The minimum Gasteiger partial charge on any atom is -0.469 e. The number of rotatable bonds is 2. The number of hydrogen-bond donors (Lipinski definition) is 2. The van der Waals surface area contributed by atoms with Gasteiger partial charge in [0.1, 0.15) is 0 Å². The summed E-state index contributed by atoms with van der Waals surface area (Å²) < 4.78 is 9.67. The van der Waals surface area contributed by atoms with E-state index in [9.17, 15) is 19.8 Å². The van der Waals surface area contributed by atoms with E-state index in [1.807, 2.05) is 0 Å². The van der Waals surface area contributed by atoms with Crippen LogP contribution < -0.4 is 0 Å². The molecule has 6 nitrogen and oxygen atoms in total. The molecular weight excluding hydrogens is 264 g/mol. The van der Waals surface area contributed by atoms with Gasteiger partial charge in [-0.1, -0.05) is 0 Å². The second kappa shape index (κ2) is 4.70. The fraction of sp³-hybridized carbons (Fsp3) is 0.857. The van der Waals surface area contributed by atoms with Gasteiger partial charge in [0.15, 0.2) is 0 Å². The molecule has 0 spiro atoms. The minimum atomic E-state index is -0.805. The van der Waals surface area contributed by atoms with Crippen molar-refractivity contribution in [3.8, 4) is 0 Å². The third-order valence-electron chi connectivity index (χ3n) is 5.64. The highest BCUT2D eigenvalue weighted by Gasteiger charge is 2.67. The van der Waals surface area contributed by atoms with Gasteiger partial charge >= 0.3 is 11.9 Å². The van der Waals surface area contributed by atoms with E-state index in [0.717, 1.165) is 6.42 Å². The summed E-state index contributed by atoms with van der Waals surface area (Å²) in [5.41, 5.74) is 0. The van der Waals surface area contributed by atoms with Gasteiger partial charge in [-0.05, 0) is 36.5 Å². The Morgan fingerprint density at radius 2 is 1.45 bits per heavy atom. The zero-order valence-electron chi connectivity index (χ0n) is 11.6. The number of carbonyl (C=O) groups is 2. The summed E-state index contributed by atoms with van der Waals surface area (Å²) in [7, 11) is 2.62. The second-order valence-corrected chi connectivity index (χ2v) is 6.20. The first kappa shape index (κ1) is 13.8. The number of ether oxygens (including phenoxy) is 2. The zero-order chi connectivity index (χ0) is 14.6. The van der Waals surface area contributed by atoms with Gasteiger partial charge in [0.25, 0.3) is 0 Å². The van der Waals surface area contributed by atoms with Crippen LogP contribution in [0.3, 0.4) is 0 Å². The maximum absolute atomic E-state index is 12.0. The van der Waals surface area contributed by atoms with Crippen LogP contribution in [0, 0.1) is 35.5 Å². The first-order valence-corrected chi connectivity index (χ1v) is 7.03. The highest BCUT2D eigenvalue weighted by Crippen LogP contribution is 2.63. The Hall–Kier alpha value is -1.14. The van der Waals surface area contributed by atoms with Crippen LogP contribution in [0.25, 0.3) is 0 Å². The van der Waals surface area contributed by atoms with Gasteiger partial charge in [0.2, 0.25) is 0 Å². The molecule has 0 aromatic heterocycles. The Morgan fingerprint density at radius 3 is 2.00 bits per heavy atom. The molecule has 20 heavy (non-hydrogen) atoms. The van der Waals surface area contributed by atoms with Crippen molar-refractivity contribution in [2.24, 2.45) is 35.5 Å². The average Bonchev–Trinajstić information content (AvgIpc) is 3.07. The predicted octanol–water partition coefficient (Wildman–Crippen LogP) is -0.428. The third kappa shape index (κ3) is 1.64. The summed E-state index contributed by atoms with van der Waals surface area (Å²) in [4.78, 5) is 24.1. The molecule has 2 bridgehead atoms. The molecule has 8 atom stereocenters. The van der Waals surface area contributed by atoms with Gasteiger partial charge in [-0.2, -0.15) is 0 Å². The Bertz CT molecular complexity index is 435. The van der Waals surface area contributed by atoms with E-state index in [-0.39, 0.29) is 29.6 Å². The number of hydrogen-bond acceptors (Lipinski definition) is 6. The molecule has 2 N–H and O–H groups in total. The van der Waals surface area contributed by atoms with Crippen LogP contribution in [0.4, 0.5) is 0 Å². The monoisotopic (exact) mass is 284 g/mol. The summed E-state index contributed by atoms with van der Waals surface area (Å²) in [5, 5.41) is 20.0. The van der Waals surface area contributed by atoms with Gasteiger partial charge in [-0.25, -0.2) is 0 Å². The van der Waals surface area contributed by atoms with Gasteiger partial charge in [-0.15, -0.1) is 0 Å². The number of aliphatic hydroxyl groups is 2. The van der Waals surface area contributed by atoms with Crippen molar-refractivity contribution in [1.29, 1.82) is 0 Å². The van der Waals surface area contributed by atoms with Gasteiger partial charge in [-0.3, -0.25) is 9.59 Å². The summed E-state index contributed by atoms with van der Waals surface area (Å²) in [6.07, 6.45) is -0.349. The van der Waals surface area contributed by atoms with Crippen LogP contribution in [-0.2, 0) is 19.1 Å². The fourth-order valence-corrected chi connectivity index (χ4v) is 5.01. The molecule has 0 heterocycles. The number of fused-ring (bicyclic) bond motifs is 5. The maximum atomic E-state index is 12.0. The van der Waals surface area contributed by atoms with Crippen LogP contribution in [0.5, 0.6) is 0 Å². The van der Waals surface area contributed by atoms with Gasteiger partial charge in [0, 0.05) is 0 Å². The fourth-order valence-electron chi connectivity index (χ4n) is 5.01. The number of aliphatic hydroxyl groups excluding tert-OH is 2. The molecule has 3 rings (SSSR count). The molecular formula is C14H20O6. The first-order chi connectivity index (χ1) is 9.51. The van der Waals surface area contributed by atoms with Crippen molar-refractivity contribution in [2.75, 3.05) is 14.2 Å². The molecule has 0 aliphatic heterocycles. The van der Waals surface area contributed by atoms with Crippen molar-refractivity contribution in [1.82, 2.24) is 0 Å². The molecule has 0 radical (unpaired) electrons. The van der Waals surface area contributed by atoms with Gasteiger partial charge in [0.05, 0.1) is 38.3 Å². The standard InChI is InChI=1S/C14H20O6/c1-19-13(17)10-5-3-7(11(10)14(18)20-2)9-6(5)4-8(15)12(9)16/h5-12,15-16H,3-4H2,1-2H3. The summed E-state index contributed by atoms with van der Waals surface area (Å²) in [6.45, 7) is 0. The van der Waals surface area contributed by atoms with E-state index in [2.05, 4.69) is 0 Å². The Balaban J connectivity index is 1.94.